The molecule has 0 spiro atoms. The zero-order valence-corrected chi connectivity index (χ0v) is 8.84. The van der Waals surface area contributed by atoms with E-state index >= 15 is 0 Å². The van der Waals surface area contributed by atoms with Crippen molar-refractivity contribution in [2.75, 3.05) is 12.4 Å². The van der Waals surface area contributed by atoms with Gasteiger partial charge in [0.2, 0.25) is 0 Å². The molecule has 16 heavy (non-hydrogen) atoms. The van der Waals surface area contributed by atoms with Crippen molar-refractivity contribution in [1.29, 1.82) is 0 Å². The first-order chi connectivity index (χ1) is 7.63. The molecule has 1 amide bonds. The van der Waals surface area contributed by atoms with Crippen LogP contribution in [0, 0.1) is 0 Å². The Morgan fingerprint density at radius 1 is 1.38 bits per heavy atom. The lowest BCUT2D eigenvalue weighted by Crippen LogP contribution is -2.31. The van der Waals surface area contributed by atoms with Crippen molar-refractivity contribution in [1.82, 2.24) is 0 Å². The van der Waals surface area contributed by atoms with Gasteiger partial charge in [0.05, 0.1) is 6.42 Å². The predicted molar refractivity (Wildman–Crippen MR) is 58.1 cm³/mol. The van der Waals surface area contributed by atoms with Crippen LogP contribution >= 0.6 is 0 Å². The number of hydrogen-bond acceptors (Lipinski definition) is 3. The number of amides is 1. The predicted octanol–water partition coefficient (Wildman–Crippen LogP) is 1.11. The summed E-state index contributed by atoms with van der Waals surface area (Å²) in [6.45, 7) is 0. The number of benzene rings is 1. The molecule has 1 aromatic carbocycles. The monoisotopic (exact) mass is 223 g/mol. The minimum atomic E-state index is -1.07. The van der Waals surface area contributed by atoms with Crippen LogP contribution in [0.1, 0.15) is 6.42 Å². The van der Waals surface area contributed by atoms with Gasteiger partial charge in [-0.2, -0.15) is 0 Å². The van der Waals surface area contributed by atoms with Crippen LogP contribution in [-0.2, 0) is 14.3 Å². The van der Waals surface area contributed by atoms with Gasteiger partial charge in [-0.15, -0.1) is 0 Å². The Morgan fingerprint density at radius 3 is 2.50 bits per heavy atom. The van der Waals surface area contributed by atoms with Crippen LogP contribution in [0.4, 0.5) is 5.69 Å². The molecule has 0 heterocycles. The Hall–Kier alpha value is -1.88. The summed E-state index contributed by atoms with van der Waals surface area (Å²) in [6.07, 6.45) is -1.33. The summed E-state index contributed by atoms with van der Waals surface area (Å²) in [4.78, 5) is 22.0. The summed E-state index contributed by atoms with van der Waals surface area (Å²) in [5, 5.41) is 11.1. The van der Waals surface area contributed by atoms with Gasteiger partial charge in [-0.25, -0.2) is 0 Å². The third-order valence-corrected chi connectivity index (χ3v) is 1.98. The highest BCUT2D eigenvalue weighted by molar-refractivity contribution is 5.96. The molecule has 0 aliphatic rings. The van der Waals surface area contributed by atoms with Gasteiger partial charge in [0.25, 0.3) is 5.91 Å². The first-order valence-corrected chi connectivity index (χ1v) is 4.74. The van der Waals surface area contributed by atoms with Gasteiger partial charge in [0.1, 0.15) is 6.10 Å². The summed E-state index contributed by atoms with van der Waals surface area (Å²) in [7, 11) is 1.30. The van der Waals surface area contributed by atoms with E-state index in [0.29, 0.717) is 5.69 Å². The second-order valence-corrected chi connectivity index (χ2v) is 3.18. The SMILES string of the molecule is COC(CC(=O)O)C(=O)Nc1ccccc1. The van der Waals surface area contributed by atoms with Gasteiger partial charge in [-0.05, 0) is 12.1 Å². The number of carbonyl (C=O) groups excluding carboxylic acids is 1. The van der Waals surface area contributed by atoms with Crippen LogP contribution in [0.5, 0.6) is 0 Å². The maximum Gasteiger partial charge on any atom is 0.306 e. The zero-order chi connectivity index (χ0) is 12.0. The van der Waals surface area contributed by atoms with Gasteiger partial charge < -0.3 is 15.2 Å². The molecule has 0 aromatic heterocycles. The first-order valence-electron chi connectivity index (χ1n) is 4.74. The molecular weight excluding hydrogens is 210 g/mol. The number of anilines is 1. The molecule has 1 rings (SSSR count). The van der Waals surface area contributed by atoms with E-state index in [1.165, 1.54) is 7.11 Å². The molecule has 0 radical (unpaired) electrons. The number of carbonyl (C=O) groups is 2. The number of rotatable bonds is 5. The molecule has 1 aromatic rings. The third-order valence-electron chi connectivity index (χ3n) is 1.98. The van der Waals surface area contributed by atoms with Crippen molar-refractivity contribution in [2.24, 2.45) is 0 Å². The molecule has 1 atom stereocenters. The fourth-order valence-corrected chi connectivity index (χ4v) is 1.19. The van der Waals surface area contributed by atoms with E-state index in [2.05, 4.69) is 5.32 Å². The summed E-state index contributed by atoms with van der Waals surface area (Å²) in [5.41, 5.74) is 0.611. The molecule has 0 aliphatic carbocycles. The first kappa shape index (κ1) is 12.2. The molecule has 0 aliphatic heterocycles. The fraction of sp³-hybridized carbons (Fsp3) is 0.273. The van der Waals surface area contributed by atoms with E-state index in [-0.39, 0.29) is 6.42 Å². The summed E-state index contributed by atoms with van der Waals surface area (Å²) in [5.74, 6) is -1.54. The fourth-order valence-electron chi connectivity index (χ4n) is 1.19. The van der Waals surface area contributed by atoms with E-state index in [1.54, 1.807) is 24.3 Å². The van der Waals surface area contributed by atoms with Crippen LogP contribution in [0.15, 0.2) is 30.3 Å². The zero-order valence-electron chi connectivity index (χ0n) is 8.84. The van der Waals surface area contributed by atoms with Crippen LogP contribution < -0.4 is 5.32 Å². The van der Waals surface area contributed by atoms with Gasteiger partial charge in [0, 0.05) is 12.8 Å². The Morgan fingerprint density at radius 2 is 2.00 bits per heavy atom. The number of carboxylic acids is 1. The van der Waals surface area contributed by atoms with E-state index in [1.807, 2.05) is 6.07 Å². The van der Waals surface area contributed by atoms with Crippen molar-refractivity contribution in [3.63, 3.8) is 0 Å². The van der Waals surface area contributed by atoms with Crippen LogP contribution in [0.2, 0.25) is 0 Å². The molecule has 2 N–H and O–H groups in total. The van der Waals surface area contributed by atoms with Crippen molar-refractivity contribution >= 4 is 17.6 Å². The molecule has 0 fully saturated rings. The van der Waals surface area contributed by atoms with Crippen molar-refractivity contribution in [3.8, 4) is 0 Å². The second kappa shape index (κ2) is 5.87. The van der Waals surface area contributed by atoms with Crippen LogP contribution in [-0.4, -0.2) is 30.2 Å². The van der Waals surface area contributed by atoms with E-state index in [9.17, 15) is 9.59 Å². The van der Waals surface area contributed by atoms with E-state index in [0.717, 1.165) is 0 Å². The Labute approximate surface area is 93.0 Å². The number of carboxylic acid groups (broad SMARTS) is 1. The molecule has 0 bridgehead atoms. The van der Waals surface area contributed by atoms with Crippen molar-refractivity contribution < 1.29 is 19.4 Å². The third kappa shape index (κ3) is 3.70. The minimum Gasteiger partial charge on any atom is -0.481 e. The maximum atomic E-state index is 11.6. The molecular formula is C11H13NO4. The van der Waals surface area contributed by atoms with E-state index < -0.39 is 18.0 Å². The highest BCUT2D eigenvalue weighted by Crippen LogP contribution is 2.07. The number of para-hydroxylation sites is 1. The second-order valence-electron chi connectivity index (χ2n) is 3.18. The number of methoxy groups -OCH3 is 1. The summed E-state index contributed by atoms with van der Waals surface area (Å²) >= 11 is 0. The van der Waals surface area contributed by atoms with Crippen molar-refractivity contribution in [3.05, 3.63) is 30.3 Å². The number of hydrogen-bond donors (Lipinski definition) is 2. The molecule has 0 saturated carbocycles. The maximum absolute atomic E-state index is 11.6. The number of nitrogens with one attached hydrogen (secondary N) is 1. The van der Waals surface area contributed by atoms with Gasteiger partial charge >= 0.3 is 5.97 Å². The summed E-state index contributed by atoms with van der Waals surface area (Å²) < 4.78 is 4.80. The van der Waals surface area contributed by atoms with Crippen LogP contribution in [0.25, 0.3) is 0 Å². The normalized spacial score (nSPS) is 11.8. The Balaban J connectivity index is 2.59. The lowest BCUT2D eigenvalue weighted by Gasteiger charge is -2.12. The molecule has 0 saturated heterocycles. The van der Waals surface area contributed by atoms with Crippen molar-refractivity contribution in [2.45, 2.75) is 12.5 Å². The number of aliphatic carboxylic acids is 1. The lowest BCUT2D eigenvalue weighted by atomic mass is 10.2. The van der Waals surface area contributed by atoms with Crippen LogP contribution in [0.3, 0.4) is 0 Å². The largest absolute Gasteiger partial charge is 0.481 e. The molecule has 5 nitrogen and oxygen atoms in total. The quantitative estimate of drug-likeness (QED) is 0.784. The highest BCUT2D eigenvalue weighted by atomic mass is 16.5. The average molecular weight is 223 g/mol. The Bertz CT molecular complexity index is 364. The van der Waals surface area contributed by atoms with Gasteiger partial charge in [-0.3, -0.25) is 9.59 Å². The average Bonchev–Trinajstić information content (AvgIpc) is 2.26. The minimum absolute atomic E-state index is 0.352. The molecule has 1 unspecified atom stereocenters. The molecule has 5 heteroatoms. The van der Waals surface area contributed by atoms with Gasteiger partial charge in [-0.1, -0.05) is 18.2 Å². The number of ether oxygens (including phenoxy) is 1. The lowest BCUT2D eigenvalue weighted by molar-refractivity contribution is -0.143. The highest BCUT2D eigenvalue weighted by Gasteiger charge is 2.20. The standard InChI is InChI=1S/C11H13NO4/c1-16-9(7-10(13)14)11(15)12-8-5-3-2-4-6-8/h2-6,9H,7H2,1H3,(H,12,15)(H,13,14). The Kier molecular flexibility index (Phi) is 4.47. The van der Waals surface area contributed by atoms with E-state index in [4.69, 9.17) is 9.84 Å². The smallest absolute Gasteiger partial charge is 0.306 e. The van der Waals surface area contributed by atoms with Gasteiger partial charge in [0.15, 0.2) is 0 Å². The molecule has 86 valence electrons. The summed E-state index contributed by atoms with van der Waals surface area (Å²) in [6, 6.07) is 8.79. The topological polar surface area (TPSA) is 75.6 Å².